The summed E-state index contributed by atoms with van der Waals surface area (Å²) in [5.74, 6) is 0.612. The lowest BCUT2D eigenvalue weighted by molar-refractivity contribution is -0.146. The molecular weight excluding hydrogens is 476 g/mol. The highest BCUT2D eigenvalue weighted by molar-refractivity contribution is 5.87. The molecule has 2 heterocycles. The minimum atomic E-state index is -0.455. The van der Waals surface area contributed by atoms with Gasteiger partial charge in [0.2, 0.25) is 0 Å². The number of ether oxygens (including phenoxy) is 1. The van der Waals surface area contributed by atoms with Crippen molar-refractivity contribution >= 4 is 5.97 Å². The maximum atomic E-state index is 12.4. The monoisotopic (exact) mass is 504 g/mol. The molecule has 38 heavy (non-hydrogen) atoms. The van der Waals surface area contributed by atoms with Gasteiger partial charge in [0, 0.05) is 16.7 Å². The maximum Gasteiger partial charge on any atom is 0.316 e. The standard InChI is InChI=1S/C31H28N4O3/c1-3-37-30(36)31(17-18-31)26-15-13-23(14-16-26)22-9-11-25(12-10-22)29-27(21(2)33-38-29)20-35-28(19-32-34-35)24-7-5-4-6-8-24/h4-16,19H,3,17-18,20H2,1-2H3. The molecule has 0 atom stereocenters. The van der Waals surface area contributed by atoms with Gasteiger partial charge >= 0.3 is 5.97 Å². The van der Waals surface area contributed by atoms with E-state index in [1.165, 1.54) is 0 Å². The maximum absolute atomic E-state index is 12.4. The van der Waals surface area contributed by atoms with Crippen molar-refractivity contribution in [3.8, 4) is 33.7 Å². The molecule has 0 spiro atoms. The summed E-state index contributed by atoms with van der Waals surface area (Å²) < 4.78 is 12.9. The molecule has 0 N–H and O–H groups in total. The zero-order chi connectivity index (χ0) is 26.1. The summed E-state index contributed by atoms with van der Waals surface area (Å²) >= 11 is 0. The van der Waals surface area contributed by atoms with Crippen LogP contribution in [0, 0.1) is 6.92 Å². The van der Waals surface area contributed by atoms with Crippen molar-refractivity contribution in [2.45, 2.75) is 38.6 Å². The second kappa shape index (κ2) is 9.74. The first kappa shape index (κ1) is 23.9. The normalized spacial score (nSPS) is 13.8. The Labute approximate surface area is 221 Å². The van der Waals surface area contributed by atoms with E-state index in [9.17, 15) is 4.79 Å². The molecule has 0 aliphatic heterocycles. The third kappa shape index (κ3) is 4.30. The lowest BCUT2D eigenvalue weighted by Crippen LogP contribution is -2.23. The Morgan fingerprint density at radius 2 is 1.58 bits per heavy atom. The first-order valence-electron chi connectivity index (χ1n) is 12.9. The summed E-state index contributed by atoms with van der Waals surface area (Å²) in [6.45, 7) is 4.70. The first-order chi connectivity index (χ1) is 18.6. The number of carbonyl (C=O) groups excluding carboxylic acids is 1. The van der Waals surface area contributed by atoms with Crippen molar-refractivity contribution < 1.29 is 14.1 Å². The smallest absolute Gasteiger partial charge is 0.316 e. The molecule has 0 amide bonds. The summed E-state index contributed by atoms with van der Waals surface area (Å²) in [7, 11) is 0. The molecule has 2 aromatic heterocycles. The van der Waals surface area contributed by atoms with Crippen LogP contribution in [0.5, 0.6) is 0 Å². The Bertz CT molecular complexity index is 1560. The molecule has 7 nitrogen and oxygen atoms in total. The molecule has 1 fully saturated rings. The Kier molecular flexibility index (Phi) is 6.12. The molecule has 5 aromatic rings. The molecule has 190 valence electrons. The number of aromatic nitrogens is 4. The zero-order valence-electron chi connectivity index (χ0n) is 21.4. The molecule has 0 saturated heterocycles. The van der Waals surface area contributed by atoms with Gasteiger partial charge in [0.05, 0.1) is 36.2 Å². The van der Waals surface area contributed by atoms with E-state index in [1.54, 1.807) is 6.20 Å². The van der Waals surface area contributed by atoms with Gasteiger partial charge in [0.25, 0.3) is 0 Å². The highest BCUT2D eigenvalue weighted by Crippen LogP contribution is 2.49. The van der Waals surface area contributed by atoms with E-state index >= 15 is 0 Å². The fourth-order valence-corrected chi connectivity index (χ4v) is 4.96. The van der Waals surface area contributed by atoms with Crippen molar-refractivity contribution in [3.05, 3.63) is 102 Å². The molecule has 3 aromatic carbocycles. The molecule has 0 unspecified atom stereocenters. The quantitative estimate of drug-likeness (QED) is 0.233. The molecular formula is C31H28N4O3. The molecule has 1 aliphatic rings. The third-order valence-corrected chi connectivity index (χ3v) is 7.31. The predicted octanol–water partition coefficient (Wildman–Crippen LogP) is 6.22. The average Bonchev–Trinajstić information content (AvgIpc) is 3.52. The van der Waals surface area contributed by atoms with E-state index in [2.05, 4.69) is 39.7 Å². The summed E-state index contributed by atoms with van der Waals surface area (Å²) in [4.78, 5) is 12.4. The summed E-state index contributed by atoms with van der Waals surface area (Å²) in [5, 5.41) is 12.7. The molecule has 7 heteroatoms. The lowest BCUT2D eigenvalue weighted by atomic mass is 9.93. The van der Waals surface area contributed by atoms with Gasteiger partial charge in [-0.05, 0) is 43.4 Å². The summed E-state index contributed by atoms with van der Waals surface area (Å²) in [6, 6.07) is 26.6. The number of nitrogens with zero attached hydrogens (tertiary/aromatic N) is 4. The van der Waals surface area contributed by atoms with Gasteiger partial charge in [0.1, 0.15) is 0 Å². The third-order valence-electron chi connectivity index (χ3n) is 7.31. The van der Waals surface area contributed by atoms with E-state index in [1.807, 2.05) is 73.1 Å². The lowest BCUT2D eigenvalue weighted by Gasteiger charge is -2.14. The summed E-state index contributed by atoms with van der Waals surface area (Å²) in [6.07, 6.45) is 3.47. The van der Waals surface area contributed by atoms with Crippen LogP contribution in [-0.4, -0.2) is 32.7 Å². The number of esters is 1. The van der Waals surface area contributed by atoms with Gasteiger partial charge < -0.3 is 9.26 Å². The van der Waals surface area contributed by atoms with Crippen LogP contribution in [0.3, 0.4) is 0 Å². The van der Waals surface area contributed by atoms with Crippen LogP contribution < -0.4 is 0 Å². The van der Waals surface area contributed by atoms with Gasteiger partial charge in [-0.25, -0.2) is 4.68 Å². The Hall–Kier alpha value is -4.52. The fraction of sp³-hybridized carbons (Fsp3) is 0.226. The van der Waals surface area contributed by atoms with Crippen molar-refractivity contribution in [3.63, 3.8) is 0 Å². The second-order valence-corrected chi connectivity index (χ2v) is 9.68. The molecule has 0 radical (unpaired) electrons. The van der Waals surface area contributed by atoms with Gasteiger partial charge in [0.15, 0.2) is 5.76 Å². The number of carbonyl (C=O) groups is 1. The van der Waals surface area contributed by atoms with Crippen LogP contribution >= 0.6 is 0 Å². The van der Waals surface area contributed by atoms with E-state index in [0.29, 0.717) is 13.2 Å². The van der Waals surface area contributed by atoms with Crippen LogP contribution in [0.1, 0.15) is 36.6 Å². The molecule has 1 aliphatic carbocycles. The van der Waals surface area contributed by atoms with Crippen LogP contribution in [0.25, 0.3) is 33.7 Å². The number of hydrogen-bond donors (Lipinski definition) is 0. The van der Waals surface area contributed by atoms with Crippen molar-refractivity contribution in [1.29, 1.82) is 0 Å². The fourth-order valence-electron chi connectivity index (χ4n) is 4.96. The van der Waals surface area contributed by atoms with Crippen LogP contribution in [0.2, 0.25) is 0 Å². The number of benzene rings is 3. The van der Waals surface area contributed by atoms with Crippen molar-refractivity contribution in [2.24, 2.45) is 0 Å². The Balaban J connectivity index is 1.23. The van der Waals surface area contributed by atoms with Gasteiger partial charge in [-0.15, -0.1) is 5.10 Å². The van der Waals surface area contributed by atoms with Crippen LogP contribution in [0.15, 0.2) is 89.6 Å². The Morgan fingerprint density at radius 3 is 2.24 bits per heavy atom. The van der Waals surface area contributed by atoms with E-state index < -0.39 is 5.41 Å². The largest absolute Gasteiger partial charge is 0.465 e. The zero-order valence-corrected chi connectivity index (χ0v) is 21.4. The highest BCUT2D eigenvalue weighted by atomic mass is 16.5. The van der Waals surface area contributed by atoms with E-state index in [-0.39, 0.29) is 5.97 Å². The Morgan fingerprint density at radius 1 is 0.921 bits per heavy atom. The second-order valence-electron chi connectivity index (χ2n) is 9.68. The van der Waals surface area contributed by atoms with E-state index in [0.717, 1.165) is 63.4 Å². The van der Waals surface area contributed by atoms with Gasteiger partial charge in [-0.1, -0.05) is 89.2 Å². The predicted molar refractivity (Wildman–Crippen MR) is 144 cm³/mol. The number of hydrogen-bond acceptors (Lipinski definition) is 6. The van der Waals surface area contributed by atoms with Crippen molar-refractivity contribution in [1.82, 2.24) is 20.2 Å². The molecule has 1 saturated carbocycles. The van der Waals surface area contributed by atoms with Crippen LogP contribution in [0.4, 0.5) is 0 Å². The number of rotatable bonds is 8. The SMILES string of the molecule is CCOC(=O)C1(c2ccc(-c3ccc(-c4onc(C)c4Cn4nncc4-c4ccccc4)cc3)cc2)CC1. The van der Waals surface area contributed by atoms with E-state index in [4.69, 9.17) is 9.26 Å². The topological polar surface area (TPSA) is 83.0 Å². The number of aryl methyl sites for hydroxylation is 1. The molecule has 0 bridgehead atoms. The van der Waals surface area contributed by atoms with Gasteiger partial charge in [-0.3, -0.25) is 4.79 Å². The first-order valence-corrected chi connectivity index (χ1v) is 12.9. The van der Waals surface area contributed by atoms with Crippen LogP contribution in [-0.2, 0) is 21.5 Å². The molecule has 6 rings (SSSR count). The highest BCUT2D eigenvalue weighted by Gasteiger charge is 2.52. The summed E-state index contributed by atoms with van der Waals surface area (Å²) in [5.41, 5.74) is 7.48. The minimum Gasteiger partial charge on any atom is -0.465 e. The van der Waals surface area contributed by atoms with Crippen molar-refractivity contribution in [2.75, 3.05) is 6.61 Å². The minimum absolute atomic E-state index is 0.114. The van der Waals surface area contributed by atoms with Gasteiger partial charge in [-0.2, -0.15) is 0 Å². The average molecular weight is 505 g/mol.